The molecule has 1 heterocycles. The maximum Gasteiger partial charge on any atom is 0.192 e. The van der Waals surface area contributed by atoms with E-state index in [0.717, 1.165) is 16.3 Å². The van der Waals surface area contributed by atoms with E-state index in [-0.39, 0.29) is 11.5 Å². The third-order valence-corrected chi connectivity index (χ3v) is 3.17. The van der Waals surface area contributed by atoms with Crippen LogP contribution in [0.3, 0.4) is 0 Å². The summed E-state index contributed by atoms with van der Waals surface area (Å²) in [5, 5.41) is 11.2. The fraction of sp³-hybridized carbons (Fsp3) is 0.0833. The Balaban J connectivity index is 2.24. The van der Waals surface area contributed by atoms with Crippen LogP contribution in [0.5, 0.6) is 0 Å². The van der Waals surface area contributed by atoms with Gasteiger partial charge in [-0.15, -0.1) is 24.0 Å². The standard InChI is InChI=1S/C12H8N2OS2/c13-6-8-1-3-9(4-2-8)10-7-17-11(14-10)5-12(15)16/h1-4,7H,5H2,(H,15,16). The van der Waals surface area contributed by atoms with Crippen LogP contribution in [-0.2, 0) is 11.2 Å². The highest BCUT2D eigenvalue weighted by Gasteiger charge is 2.06. The summed E-state index contributed by atoms with van der Waals surface area (Å²) in [6, 6.07) is 9.25. The smallest absolute Gasteiger partial charge is 0.192 e. The van der Waals surface area contributed by atoms with Crippen LogP contribution in [0.4, 0.5) is 0 Å². The summed E-state index contributed by atoms with van der Waals surface area (Å²) in [6.45, 7) is 0. The van der Waals surface area contributed by atoms with Gasteiger partial charge in [0.15, 0.2) is 5.12 Å². The lowest BCUT2D eigenvalue weighted by atomic mass is 10.1. The van der Waals surface area contributed by atoms with E-state index in [0.29, 0.717) is 5.56 Å². The van der Waals surface area contributed by atoms with Crippen LogP contribution in [0, 0.1) is 11.3 Å². The van der Waals surface area contributed by atoms with Crippen LogP contribution in [0.25, 0.3) is 11.3 Å². The molecule has 17 heavy (non-hydrogen) atoms. The molecule has 5 heteroatoms. The first-order valence-electron chi connectivity index (χ1n) is 4.86. The van der Waals surface area contributed by atoms with Crippen molar-refractivity contribution in [3.63, 3.8) is 0 Å². The largest absolute Gasteiger partial charge is 0.287 e. The van der Waals surface area contributed by atoms with Crippen molar-refractivity contribution in [3.05, 3.63) is 40.2 Å². The lowest BCUT2D eigenvalue weighted by molar-refractivity contribution is -0.110. The molecule has 2 rings (SSSR count). The van der Waals surface area contributed by atoms with Crippen LogP contribution in [0.2, 0.25) is 0 Å². The average Bonchev–Trinajstić information content (AvgIpc) is 2.77. The third-order valence-electron chi connectivity index (χ3n) is 2.16. The highest BCUT2D eigenvalue weighted by atomic mass is 32.1. The molecule has 3 nitrogen and oxygen atoms in total. The number of aromatic nitrogens is 1. The first-order chi connectivity index (χ1) is 8.19. The van der Waals surface area contributed by atoms with E-state index in [1.807, 2.05) is 17.5 Å². The lowest BCUT2D eigenvalue weighted by Gasteiger charge is -1.95. The molecule has 0 aliphatic heterocycles. The highest BCUT2D eigenvalue weighted by molar-refractivity contribution is 7.96. The fourth-order valence-corrected chi connectivity index (χ4v) is 2.43. The van der Waals surface area contributed by atoms with Crippen molar-refractivity contribution in [2.24, 2.45) is 0 Å². The molecule has 0 aliphatic carbocycles. The van der Waals surface area contributed by atoms with Crippen molar-refractivity contribution >= 4 is 29.1 Å². The van der Waals surface area contributed by atoms with Crippen molar-refractivity contribution in [2.45, 2.75) is 6.42 Å². The molecule has 2 aromatic rings. The lowest BCUT2D eigenvalue weighted by Crippen LogP contribution is -1.92. The topological polar surface area (TPSA) is 53.8 Å². The first kappa shape index (κ1) is 11.8. The second-order valence-electron chi connectivity index (χ2n) is 3.39. The number of carbonyl (C=O) groups is 1. The minimum Gasteiger partial charge on any atom is -0.287 e. The molecule has 0 aliphatic rings. The number of thiazole rings is 1. The van der Waals surface area contributed by atoms with E-state index in [1.165, 1.54) is 11.3 Å². The number of benzene rings is 1. The molecule has 1 aromatic heterocycles. The maximum atomic E-state index is 10.8. The zero-order valence-corrected chi connectivity index (χ0v) is 10.5. The number of nitriles is 1. The molecule has 0 amide bonds. The quantitative estimate of drug-likeness (QED) is 0.863. The van der Waals surface area contributed by atoms with Crippen molar-refractivity contribution in [1.82, 2.24) is 4.98 Å². The molecular weight excluding hydrogens is 252 g/mol. The van der Waals surface area contributed by atoms with E-state index in [2.05, 4.69) is 23.7 Å². The van der Waals surface area contributed by atoms with Gasteiger partial charge >= 0.3 is 0 Å². The number of carbonyl (C=O) groups excluding carboxylic acids is 1. The zero-order valence-electron chi connectivity index (χ0n) is 8.75. The van der Waals surface area contributed by atoms with Crippen molar-refractivity contribution in [2.75, 3.05) is 0 Å². The van der Waals surface area contributed by atoms with Gasteiger partial charge in [0.1, 0.15) is 5.01 Å². The van der Waals surface area contributed by atoms with Gasteiger partial charge in [-0.3, -0.25) is 4.79 Å². The Bertz CT molecular complexity index is 581. The summed E-state index contributed by atoms with van der Waals surface area (Å²) >= 11 is 5.16. The SMILES string of the molecule is N#Cc1ccc(-c2csc(CC(=O)S)n2)cc1. The molecular formula is C12H8N2OS2. The summed E-state index contributed by atoms with van der Waals surface area (Å²) in [4.78, 5) is 15.2. The number of hydrogen-bond acceptors (Lipinski definition) is 4. The normalized spacial score (nSPS) is 9.88. The van der Waals surface area contributed by atoms with Crippen molar-refractivity contribution in [3.8, 4) is 17.3 Å². The zero-order chi connectivity index (χ0) is 12.3. The Morgan fingerprint density at radius 3 is 2.71 bits per heavy atom. The number of hydrogen-bond donors (Lipinski definition) is 1. The monoisotopic (exact) mass is 260 g/mol. The molecule has 0 radical (unpaired) electrons. The minimum absolute atomic E-state index is 0.189. The number of nitrogens with zero attached hydrogens (tertiary/aromatic N) is 2. The van der Waals surface area contributed by atoms with Gasteiger partial charge in [0.25, 0.3) is 0 Å². The second-order valence-corrected chi connectivity index (χ2v) is 4.83. The Kier molecular flexibility index (Phi) is 3.57. The highest BCUT2D eigenvalue weighted by Crippen LogP contribution is 2.22. The van der Waals surface area contributed by atoms with Crippen LogP contribution >= 0.6 is 24.0 Å². The van der Waals surface area contributed by atoms with Gasteiger partial charge in [-0.1, -0.05) is 12.1 Å². The summed E-state index contributed by atoms with van der Waals surface area (Å²) < 4.78 is 0. The molecule has 84 valence electrons. The maximum absolute atomic E-state index is 10.8. The molecule has 0 atom stereocenters. The van der Waals surface area contributed by atoms with Crippen LogP contribution in [-0.4, -0.2) is 10.1 Å². The van der Waals surface area contributed by atoms with E-state index in [1.54, 1.807) is 12.1 Å². The molecule has 0 saturated carbocycles. The van der Waals surface area contributed by atoms with Gasteiger partial charge in [-0.05, 0) is 12.1 Å². The Morgan fingerprint density at radius 1 is 1.41 bits per heavy atom. The molecule has 0 spiro atoms. The summed E-state index contributed by atoms with van der Waals surface area (Å²) in [6.07, 6.45) is 0.254. The van der Waals surface area contributed by atoms with Gasteiger partial charge < -0.3 is 0 Å². The van der Waals surface area contributed by atoms with E-state index < -0.39 is 0 Å². The second kappa shape index (κ2) is 5.13. The Hall–Kier alpha value is -1.64. The van der Waals surface area contributed by atoms with E-state index >= 15 is 0 Å². The molecule has 0 saturated heterocycles. The van der Waals surface area contributed by atoms with Gasteiger partial charge in [-0.25, -0.2) is 4.98 Å². The van der Waals surface area contributed by atoms with Crippen molar-refractivity contribution < 1.29 is 4.79 Å². The van der Waals surface area contributed by atoms with Crippen molar-refractivity contribution in [1.29, 1.82) is 5.26 Å². The predicted molar refractivity (Wildman–Crippen MR) is 70.0 cm³/mol. The van der Waals surface area contributed by atoms with E-state index in [9.17, 15) is 4.79 Å². The van der Waals surface area contributed by atoms with Gasteiger partial charge in [0.05, 0.1) is 23.7 Å². The van der Waals surface area contributed by atoms with Gasteiger partial charge in [-0.2, -0.15) is 5.26 Å². The molecule has 0 unspecified atom stereocenters. The third kappa shape index (κ3) is 2.93. The summed E-state index contributed by atoms with van der Waals surface area (Å²) in [5.41, 5.74) is 2.39. The predicted octanol–water partition coefficient (Wildman–Crippen LogP) is 2.68. The molecule has 0 bridgehead atoms. The van der Waals surface area contributed by atoms with Crippen LogP contribution in [0.1, 0.15) is 10.6 Å². The minimum atomic E-state index is -0.189. The van der Waals surface area contributed by atoms with Gasteiger partial charge in [0, 0.05) is 10.9 Å². The molecule has 1 aromatic carbocycles. The molecule has 0 fully saturated rings. The summed E-state index contributed by atoms with van der Waals surface area (Å²) in [5.74, 6) is 0. The number of thiol groups is 1. The molecule has 0 N–H and O–H groups in total. The average molecular weight is 260 g/mol. The number of rotatable bonds is 3. The Labute approximate surface area is 108 Å². The first-order valence-corrected chi connectivity index (χ1v) is 6.18. The Morgan fingerprint density at radius 2 is 2.12 bits per heavy atom. The summed E-state index contributed by atoms with van der Waals surface area (Å²) in [7, 11) is 0. The van der Waals surface area contributed by atoms with E-state index in [4.69, 9.17) is 5.26 Å². The van der Waals surface area contributed by atoms with Gasteiger partial charge in [0.2, 0.25) is 0 Å². The van der Waals surface area contributed by atoms with Crippen LogP contribution < -0.4 is 0 Å². The fourth-order valence-electron chi connectivity index (χ4n) is 1.37. The van der Waals surface area contributed by atoms with Crippen LogP contribution in [0.15, 0.2) is 29.6 Å².